The van der Waals surface area contributed by atoms with Crippen LogP contribution in [0.3, 0.4) is 0 Å². The van der Waals surface area contributed by atoms with Gasteiger partial charge in [-0.1, -0.05) is 66.2 Å². The second kappa shape index (κ2) is 11.7. The number of rotatable bonds is 10. The van der Waals surface area contributed by atoms with Crippen molar-refractivity contribution >= 4 is 17.1 Å². The summed E-state index contributed by atoms with van der Waals surface area (Å²) in [4.78, 5) is 2.27. The largest absolute Gasteiger partial charge is 0.491 e. The third-order valence-electron chi connectivity index (χ3n) is 5.96. The maximum Gasteiger partial charge on any atom is 0.174 e. The van der Waals surface area contributed by atoms with Crippen LogP contribution in [-0.2, 0) is 4.74 Å². The van der Waals surface area contributed by atoms with Gasteiger partial charge >= 0.3 is 0 Å². The minimum Gasteiger partial charge on any atom is -0.491 e. The highest BCUT2D eigenvalue weighted by Gasteiger charge is 2.13. The average Bonchev–Trinajstić information content (AvgIpc) is 2.90. The summed E-state index contributed by atoms with van der Waals surface area (Å²) in [7, 11) is 0. The lowest BCUT2D eigenvalue weighted by atomic mass is 10.0. The van der Waals surface area contributed by atoms with Gasteiger partial charge in [0.2, 0.25) is 0 Å². The Morgan fingerprint density at radius 1 is 0.722 bits per heavy atom. The molecule has 4 aromatic carbocycles. The van der Waals surface area contributed by atoms with Gasteiger partial charge in [-0.05, 0) is 86.5 Å². The van der Waals surface area contributed by atoms with E-state index in [0.29, 0.717) is 6.61 Å². The van der Waals surface area contributed by atoms with Crippen molar-refractivity contribution in [1.82, 2.24) is 0 Å². The number of ether oxygens (including phenoxy) is 2. The van der Waals surface area contributed by atoms with Crippen molar-refractivity contribution in [2.75, 3.05) is 11.5 Å². The molecule has 0 amide bonds. The lowest BCUT2D eigenvalue weighted by Gasteiger charge is -2.26. The van der Waals surface area contributed by atoms with E-state index in [-0.39, 0.29) is 6.10 Å². The molecule has 2 unspecified atom stereocenters. The molecule has 0 heterocycles. The Labute approximate surface area is 214 Å². The van der Waals surface area contributed by atoms with Crippen molar-refractivity contribution < 1.29 is 14.6 Å². The Hall–Kier alpha value is -3.86. The zero-order chi connectivity index (χ0) is 25.5. The number of aliphatic hydroxyl groups excluding tert-OH is 1. The summed E-state index contributed by atoms with van der Waals surface area (Å²) in [6.07, 6.45) is 0.106. The van der Waals surface area contributed by atoms with Crippen LogP contribution in [0.2, 0.25) is 0 Å². The summed E-state index contributed by atoms with van der Waals surface area (Å²) in [6.45, 7) is 9.90. The minimum atomic E-state index is -0.984. The number of aryl methyl sites for hydroxylation is 2. The molecule has 0 aliphatic rings. The first-order valence-electron chi connectivity index (χ1n) is 12.2. The fraction of sp³-hybridized carbons (Fsp3) is 0.188. The lowest BCUT2D eigenvalue weighted by molar-refractivity contribution is -0.108. The fourth-order valence-corrected chi connectivity index (χ4v) is 3.93. The monoisotopic (exact) mass is 479 g/mol. The third-order valence-corrected chi connectivity index (χ3v) is 5.96. The molecular formula is C32H33NO3. The van der Waals surface area contributed by atoms with Crippen LogP contribution < -0.4 is 9.64 Å². The number of aliphatic hydroxyl groups is 1. The van der Waals surface area contributed by atoms with E-state index in [1.807, 2.05) is 31.2 Å². The Kier molecular flexibility index (Phi) is 8.21. The van der Waals surface area contributed by atoms with Crippen LogP contribution in [0.25, 0.3) is 11.1 Å². The number of anilines is 3. The molecule has 184 valence electrons. The molecule has 0 aromatic heterocycles. The highest BCUT2D eigenvalue weighted by molar-refractivity contribution is 5.78. The third kappa shape index (κ3) is 6.42. The van der Waals surface area contributed by atoms with Crippen LogP contribution in [-0.4, -0.2) is 24.1 Å². The summed E-state index contributed by atoms with van der Waals surface area (Å²) in [5.74, 6) is 0.754. The molecule has 4 rings (SSSR count). The first kappa shape index (κ1) is 25.2. The first-order chi connectivity index (χ1) is 17.4. The molecule has 0 fully saturated rings. The minimum absolute atomic E-state index is 0.254. The van der Waals surface area contributed by atoms with Crippen LogP contribution in [0.1, 0.15) is 18.1 Å². The number of hydrogen-bond donors (Lipinski definition) is 1. The molecule has 2 atom stereocenters. The predicted molar refractivity (Wildman–Crippen MR) is 148 cm³/mol. The van der Waals surface area contributed by atoms with E-state index in [9.17, 15) is 5.11 Å². The van der Waals surface area contributed by atoms with E-state index < -0.39 is 6.29 Å². The second-order valence-corrected chi connectivity index (χ2v) is 8.96. The highest BCUT2D eigenvalue weighted by Crippen LogP contribution is 2.36. The molecule has 36 heavy (non-hydrogen) atoms. The SMILES string of the molecule is C=CC(O)OC(C)COc1ccc(-c2ccc(N(c3ccc(C)cc3)c3ccc(C)cc3)cc2)cc1. The summed E-state index contributed by atoms with van der Waals surface area (Å²) < 4.78 is 11.1. The summed E-state index contributed by atoms with van der Waals surface area (Å²) in [5, 5.41) is 9.49. The molecule has 0 aliphatic carbocycles. The Morgan fingerprint density at radius 3 is 1.58 bits per heavy atom. The normalized spacial score (nSPS) is 12.6. The molecule has 0 radical (unpaired) electrons. The standard InChI is InChI=1S/C32H33NO3/c1-5-32(34)36-25(4)22-35-31-20-12-27(13-21-31)26-10-18-30(19-11-26)33(28-14-6-23(2)7-15-28)29-16-8-24(3)9-17-29/h5-21,25,32,34H,1,22H2,2-4H3. The topological polar surface area (TPSA) is 41.9 Å². The molecule has 0 saturated carbocycles. The average molecular weight is 480 g/mol. The van der Waals surface area contributed by atoms with Gasteiger partial charge in [-0.15, -0.1) is 0 Å². The molecule has 0 saturated heterocycles. The summed E-state index contributed by atoms with van der Waals surface area (Å²) in [6, 6.07) is 33.8. The number of benzene rings is 4. The highest BCUT2D eigenvalue weighted by atomic mass is 16.6. The van der Waals surface area contributed by atoms with Gasteiger partial charge in [0, 0.05) is 17.1 Å². The van der Waals surface area contributed by atoms with Crippen LogP contribution in [0.5, 0.6) is 5.75 Å². The van der Waals surface area contributed by atoms with E-state index in [1.165, 1.54) is 17.2 Å². The van der Waals surface area contributed by atoms with E-state index in [2.05, 4.69) is 98.1 Å². The number of hydrogen-bond acceptors (Lipinski definition) is 4. The number of nitrogens with zero attached hydrogens (tertiary/aromatic N) is 1. The van der Waals surface area contributed by atoms with Crippen molar-refractivity contribution in [3.63, 3.8) is 0 Å². The van der Waals surface area contributed by atoms with Crippen molar-refractivity contribution in [1.29, 1.82) is 0 Å². The Balaban J connectivity index is 1.50. The van der Waals surface area contributed by atoms with Gasteiger partial charge in [0.25, 0.3) is 0 Å². The maximum absolute atomic E-state index is 9.49. The zero-order valence-electron chi connectivity index (χ0n) is 21.1. The quantitative estimate of drug-likeness (QED) is 0.187. The van der Waals surface area contributed by atoms with Crippen LogP contribution in [0.15, 0.2) is 110 Å². The van der Waals surface area contributed by atoms with Crippen molar-refractivity contribution in [3.05, 3.63) is 121 Å². The predicted octanol–water partition coefficient (Wildman–Crippen LogP) is 7.73. The van der Waals surface area contributed by atoms with Gasteiger partial charge in [0.1, 0.15) is 12.4 Å². The summed E-state index contributed by atoms with van der Waals surface area (Å²) in [5.41, 5.74) is 8.06. The van der Waals surface area contributed by atoms with Crippen molar-refractivity contribution in [3.8, 4) is 16.9 Å². The molecule has 4 heteroatoms. The van der Waals surface area contributed by atoms with Crippen molar-refractivity contribution in [2.45, 2.75) is 33.2 Å². The van der Waals surface area contributed by atoms with E-state index in [0.717, 1.165) is 33.9 Å². The van der Waals surface area contributed by atoms with E-state index in [1.54, 1.807) is 0 Å². The van der Waals surface area contributed by atoms with Crippen LogP contribution in [0, 0.1) is 13.8 Å². The van der Waals surface area contributed by atoms with Gasteiger partial charge < -0.3 is 19.5 Å². The molecular weight excluding hydrogens is 446 g/mol. The first-order valence-corrected chi connectivity index (χ1v) is 12.2. The zero-order valence-corrected chi connectivity index (χ0v) is 21.1. The van der Waals surface area contributed by atoms with E-state index in [4.69, 9.17) is 9.47 Å². The molecule has 4 aromatic rings. The second-order valence-electron chi connectivity index (χ2n) is 8.96. The van der Waals surface area contributed by atoms with Gasteiger partial charge in [-0.25, -0.2) is 0 Å². The van der Waals surface area contributed by atoms with Gasteiger partial charge in [0.15, 0.2) is 6.29 Å². The summed E-state index contributed by atoms with van der Waals surface area (Å²) >= 11 is 0. The molecule has 4 nitrogen and oxygen atoms in total. The Morgan fingerprint density at radius 2 is 1.14 bits per heavy atom. The van der Waals surface area contributed by atoms with Crippen molar-refractivity contribution in [2.24, 2.45) is 0 Å². The van der Waals surface area contributed by atoms with Gasteiger partial charge in [-0.2, -0.15) is 0 Å². The maximum atomic E-state index is 9.49. The van der Waals surface area contributed by atoms with Gasteiger partial charge in [0.05, 0.1) is 6.10 Å². The van der Waals surface area contributed by atoms with Crippen LogP contribution >= 0.6 is 0 Å². The van der Waals surface area contributed by atoms with Crippen LogP contribution in [0.4, 0.5) is 17.1 Å². The molecule has 0 bridgehead atoms. The smallest absolute Gasteiger partial charge is 0.174 e. The molecule has 0 aliphatic heterocycles. The lowest BCUT2D eigenvalue weighted by Crippen LogP contribution is -2.23. The Bertz CT molecular complexity index is 1200. The molecule has 1 N–H and O–H groups in total. The fourth-order valence-electron chi connectivity index (χ4n) is 3.93. The van der Waals surface area contributed by atoms with E-state index >= 15 is 0 Å². The molecule has 0 spiro atoms. The van der Waals surface area contributed by atoms with Gasteiger partial charge in [-0.3, -0.25) is 0 Å².